The Hall–Kier alpha value is -1.07. The van der Waals surface area contributed by atoms with Gasteiger partial charge in [0.25, 0.3) is 0 Å². The summed E-state index contributed by atoms with van der Waals surface area (Å²) in [4.78, 5) is 21.0. The number of rotatable bonds is 4. The number of ether oxygens (including phenoxy) is 1. The molecule has 0 atom stereocenters. The predicted octanol–water partition coefficient (Wildman–Crippen LogP) is 1.81. The molecule has 0 radical (unpaired) electrons. The molecule has 0 aromatic heterocycles. The highest BCUT2D eigenvalue weighted by molar-refractivity contribution is 6.33. The van der Waals surface area contributed by atoms with Crippen molar-refractivity contribution in [2.75, 3.05) is 0 Å². The van der Waals surface area contributed by atoms with Gasteiger partial charge in [0.15, 0.2) is 0 Å². The minimum atomic E-state index is -5.07. The lowest BCUT2D eigenvalue weighted by Gasteiger charge is -2.05. The number of carbonyl (C=O) groups is 2. The van der Waals surface area contributed by atoms with E-state index in [1.54, 1.807) is 6.92 Å². The van der Waals surface area contributed by atoms with E-state index >= 15 is 0 Å². The maximum Gasteiger partial charge on any atom is 0.575 e. The molecule has 0 spiro atoms. The Morgan fingerprint density at radius 3 is 2.23 bits per heavy atom. The van der Waals surface area contributed by atoms with E-state index in [0.717, 1.165) is 0 Å². The molecule has 0 rings (SSSR count). The normalized spacial score (nSPS) is 11.1. The molecule has 13 heavy (non-hydrogen) atoms. The molecular weight excluding hydrogens is 189 g/mol. The van der Waals surface area contributed by atoms with Crippen LogP contribution in [0, 0.1) is 0 Å². The Morgan fingerprint density at radius 1 is 1.31 bits per heavy atom. The summed E-state index contributed by atoms with van der Waals surface area (Å²) >= 11 is 0. The second-order valence-electron chi connectivity index (χ2n) is 2.36. The molecule has 0 bridgehead atoms. The number of halogens is 3. The van der Waals surface area contributed by atoms with Gasteiger partial charge in [-0.15, -0.1) is 13.2 Å². The molecule has 0 aromatic rings. The maximum absolute atomic E-state index is 11.4. The van der Waals surface area contributed by atoms with E-state index in [1.807, 2.05) is 0 Å². The molecule has 0 fully saturated rings. The van der Waals surface area contributed by atoms with Crippen molar-refractivity contribution in [3.8, 4) is 0 Å². The summed E-state index contributed by atoms with van der Waals surface area (Å²) in [6.07, 6.45) is -4.26. The number of hydrogen-bond donors (Lipinski definition) is 0. The molecule has 0 saturated heterocycles. The van der Waals surface area contributed by atoms with E-state index in [-0.39, 0.29) is 6.42 Å². The number of alkyl halides is 3. The van der Waals surface area contributed by atoms with Crippen LogP contribution in [0.15, 0.2) is 0 Å². The van der Waals surface area contributed by atoms with Crippen LogP contribution in [0.1, 0.15) is 26.2 Å². The van der Waals surface area contributed by atoms with Crippen molar-refractivity contribution in [1.82, 2.24) is 0 Å². The van der Waals surface area contributed by atoms with Gasteiger partial charge in [-0.1, -0.05) is 13.3 Å². The van der Waals surface area contributed by atoms with Crippen LogP contribution >= 0.6 is 0 Å². The topological polar surface area (TPSA) is 43.4 Å². The van der Waals surface area contributed by atoms with Gasteiger partial charge in [0.05, 0.1) is 0 Å². The summed E-state index contributed by atoms with van der Waals surface area (Å²) in [5.74, 6) is -2.97. The molecule has 3 nitrogen and oxygen atoms in total. The molecule has 0 heterocycles. The van der Waals surface area contributed by atoms with Crippen molar-refractivity contribution in [1.29, 1.82) is 0 Å². The van der Waals surface area contributed by atoms with Crippen LogP contribution < -0.4 is 0 Å². The number of unbranched alkanes of at least 4 members (excludes halogenated alkanes) is 1. The Morgan fingerprint density at radius 2 is 1.85 bits per heavy atom. The zero-order chi connectivity index (χ0) is 10.5. The third-order valence-electron chi connectivity index (χ3n) is 1.19. The van der Waals surface area contributed by atoms with E-state index in [4.69, 9.17) is 0 Å². The summed E-state index contributed by atoms with van der Waals surface area (Å²) < 4.78 is 37.1. The Kier molecular flexibility index (Phi) is 4.44. The van der Waals surface area contributed by atoms with Crippen LogP contribution in [0.2, 0.25) is 0 Å². The first-order chi connectivity index (χ1) is 5.87. The van der Waals surface area contributed by atoms with Crippen LogP contribution in [0.4, 0.5) is 13.2 Å². The minimum absolute atomic E-state index is 0.203. The third-order valence-corrected chi connectivity index (χ3v) is 1.19. The van der Waals surface area contributed by atoms with Gasteiger partial charge >= 0.3 is 12.3 Å². The van der Waals surface area contributed by atoms with E-state index in [1.165, 1.54) is 0 Å². The summed E-state index contributed by atoms with van der Waals surface area (Å²) in [5.41, 5.74) is 0. The lowest BCUT2D eigenvalue weighted by atomic mass is 10.2. The van der Waals surface area contributed by atoms with Crippen molar-refractivity contribution in [2.24, 2.45) is 0 Å². The molecule has 6 heteroatoms. The second kappa shape index (κ2) is 4.84. The number of Topliss-reactive ketones (excluding diaryl/α,β-unsaturated/α-hetero) is 1. The van der Waals surface area contributed by atoms with Gasteiger partial charge < -0.3 is 4.74 Å². The molecule has 0 aliphatic carbocycles. The average Bonchev–Trinajstić information content (AvgIpc) is 1.96. The van der Waals surface area contributed by atoms with Crippen molar-refractivity contribution in [3.63, 3.8) is 0 Å². The monoisotopic (exact) mass is 198 g/mol. The summed E-state index contributed by atoms with van der Waals surface area (Å²) in [6.45, 7) is 1.75. The van der Waals surface area contributed by atoms with E-state index in [2.05, 4.69) is 4.74 Å². The van der Waals surface area contributed by atoms with Gasteiger partial charge in [-0.05, 0) is 6.42 Å². The quantitative estimate of drug-likeness (QED) is 0.511. The highest BCUT2D eigenvalue weighted by atomic mass is 19.4. The fraction of sp³-hybridized carbons (Fsp3) is 0.714. The number of esters is 1. The van der Waals surface area contributed by atoms with Gasteiger partial charge in [-0.3, -0.25) is 4.79 Å². The van der Waals surface area contributed by atoms with Gasteiger partial charge in [0.1, 0.15) is 0 Å². The summed E-state index contributed by atoms with van der Waals surface area (Å²) in [7, 11) is 0. The van der Waals surface area contributed by atoms with Crippen LogP contribution in [0.25, 0.3) is 0 Å². The highest BCUT2D eigenvalue weighted by Crippen LogP contribution is 2.16. The molecule has 76 valence electrons. The summed E-state index contributed by atoms with van der Waals surface area (Å²) in [6, 6.07) is 0. The molecule has 0 aliphatic heterocycles. The molecule has 0 aliphatic rings. The average molecular weight is 198 g/mol. The Balaban J connectivity index is 3.91. The molecule has 0 N–H and O–H groups in total. The van der Waals surface area contributed by atoms with Crippen LogP contribution in [0.5, 0.6) is 0 Å². The maximum atomic E-state index is 11.4. The fourth-order valence-electron chi connectivity index (χ4n) is 0.601. The second-order valence-corrected chi connectivity index (χ2v) is 2.36. The predicted molar refractivity (Wildman–Crippen MR) is 36.7 cm³/mol. The van der Waals surface area contributed by atoms with E-state index < -0.39 is 18.1 Å². The smallest absolute Gasteiger partial charge is 0.367 e. The number of hydrogen-bond acceptors (Lipinski definition) is 3. The first kappa shape index (κ1) is 11.9. The minimum Gasteiger partial charge on any atom is -0.367 e. The van der Waals surface area contributed by atoms with Crippen molar-refractivity contribution in [3.05, 3.63) is 0 Å². The van der Waals surface area contributed by atoms with E-state index in [9.17, 15) is 22.8 Å². The standard InChI is InChI=1S/C7H9F3O3/c1-2-3-4-5(11)6(12)13-7(8,9)10/h2-4H2,1H3. The number of carbonyl (C=O) groups excluding carboxylic acids is 2. The third kappa shape index (κ3) is 6.12. The first-order valence-electron chi connectivity index (χ1n) is 3.69. The van der Waals surface area contributed by atoms with Gasteiger partial charge in [-0.2, -0.15) is 0 Å². The Bertz CT molecular complexity index is 198. The molecule has 0 unspecified atom stereocenters. The molecule has 0 saturated carbocycles. The SMILES string of the molecule is CCCCC(=O)C(=O)OC(F)(F)F. The first-order valence-corrected chi connectivity index (χ1v) is 3.69. The zero-order valence-corrected chi connectivity index (χ0v) is 6.98. The molecule has 0 amide bonds. The van der Waals surface area contributed by atoms with Crippen molar-refractivity contribution in [2.45, 2.75) is 32.5 Å². The van der Waals surface area contributed by atoms with Crippen molar-refractivity contribution < 1.29 is 27.5 Å². The number of ketones is 1. The van der Waals surface area contributed by atoms with Crippen LogP contribution in [0.3, 0.4) is 0 Å². The lowest BCUT2D eigenvalue weighted by molar-refractivity contribution is -0.303. The van der Waals surface area contributed by atoms with Crippen molar-refractivity contribution >= 4 is 11.8 Å². The van der Waals surface area contributed by atoms with Gasteiger partial charge in [0.2, 0.25) is 5.78 Å². The zero-order valence-electron chi connectivity index (χ0n) is 6.98. The molecule has 0 aromatic carbocycles. The summed E-state index contributed by atoms with van der Waals surface area (Å²) in [5, 5.41) is 0. The largest absolute Gasteiger partial charge is 0.575 e. The van der Waals surface area contributed by atoms with Crippen LogP contribution in [-0.4, -0.2) is 18.1 Å². The van der Waals surface area contributed by atoms with Gasteiger partial charge in [-0.25, -0.2) is 4.79 Å². The Labute approximate surface area is 72.9 Å². The van der Waals surface area contributed by atoms with Crippen LogP contribution in [-0.2, 0) is 14.3 Å². The van der Waals surface area contributed by atoms with E-state index in [0.29, 0.717) is 12.8 Å². The fourth-order valence-corrected chi connectivity index (χ4v) is 0.601. The molecular formula is C7H9F3O3. The van der Waals surface area contributed by atoms with Gasteiger partial charge in [0, 0.05) is 6.42 Å². The lowest BCUT2D eigenvalue weighted by Crippen LogP contribution is -2.25. The highest BCUT2D eigenvalue weighted by Gasteiger charge is 2.36.